The first-order chi connectivity index (χ1) is 12.9. The second kappa shape index (κ2) is 9.30. The van der Waals surface area contributed by atoms with E-state index in [1.165, 1.54) is 11.3 Å². The van der Waals surface area contributed by atoms with Gasteiger partial charge >= 0.3 is 0 Å². The molecule has 0 aliphatic rings. The Morgan fingerprint density at radius 3 is 2.70 bits per heavy atom. The van der Waals surface area contributed by atoms with E-state index in [0.29, 0.717) is 26.5 Å². The highest BCUT2D eigenvalue weighted by atomic mass is 35.5. The molecule has 3 rings (SSSR count). The maximum Gasteiger partial charge on any atom is 0.230 e. The van der Waals surface area contributed by atoms with E-state index < -0.39 is 0 Å². The summed E-state index contributed by atoms with van der Waals surface area (Å²) in [4.78, 5) is 16.7. The van der Waals surface area contributed by atoms with Crippen molar-refractivity contribution in [2.24, 2.45) is 0 Å². The molecule has 2 aromatic carbocycles. The SMILES string of the molecule is Cc1ccc(NC(=O)Cc2csc(SCc3ccc(Cl)cc3Cl)n2)cc1Cl. The van der Waals surface area contributed by atoms with Crippen LogP contribution in [0.3, 0.4) is 0 Å². The maximum absolute atomic E-state index is 12.2. The van der Waals surface area contributed by atoms with Crippen LogP contribution < -0.4 is 5.32 Å². The molecule has 0 saturated carbocycles. The zero-order valence-electron chi connectivity index (χ0n) is 14.3. The molecule has 0 saturated heterocycles. The third kappa shape index (κ3) is 5.87. The van der Waals surface area contributed by atoms with Crippen LogP contribution in [0.15, 0.2) is 46.1 Å². The molecule has 3 aromatic rings. The Labute approximate surface area is 181 Å². The molecule has 0 unspecified atom stereocenters. The highest BCUT2D eigenvalue weighted by Gasteiger charge is 2.10. The number of carbonyl (C=O) groups excluding carboxylic acids is 1. The van der Waals surface area contributed by atoms with Crippen LogP contribution in [0.25, 0.3) is 0 Å². The third-order valence-electron chi connectivity index (χ3n) is 3.69. The van der Waals surface area contributed by atoms with E-state index in [1.54, 1.807) is 23.9 Å². The van der Waals surface area contributed by atoms with Gasteiger partial charge < -0.3 is 5.32 Å². The van der Waals surface area contributed by atoms with E-state index in [4.69, 9.17) is 34.8 Å². The zero-order chi connectivity index (χ0) is 19.4. The number of thioether (sulfide) groups is 1. The lowest BCUT2D eigenvalue weighted by molar-refractivity contribution is -0.115. The van der Waals surface area contributed by atoms with Crippen molar-refractivity contribution in [3.63, 3.8) is 0 Å². The largest absolute Gasteiger partial charge is 0.326 e. The molecule has 1 heterocycles. The highest BCUT2D eigenvalue weighted by molar-refractivity contribution is 8.00. The van der Waals surface area contributed by atoms with E-state index >= 15 is 0 Å². The number of nitrogens with zero attached hydrogens (tertiary/aromatic N) is 1. The molecular formula is C19H15Cl3N2OS2. The summed E-state index contributed by atoms with van der Waals surface area (Å²) in [6.45, 7) is 1.92. The van der Waals surface area contributed by atoms with Crippen molar-refractivity contribution in [3.05, 3.63) is 73.7 Å². The number of thiazole rings is 1. The van der Waals surface area contributed by atoms with Crippen molar-refractivity contribution < 1.29 is 4.79 Å². The number of aryl methyl sites for hydroxylation is 1. The minimum absolute atomic E-state index is 0.127. The number of carbonyl (C=O) groups is 1. The van der Waals surface area contributed by atoms with Crippen molar-refractivity contribution in [3.8, 4) is 0 Å². The third-order valence-corrected chi connectivity index (χ3v) is 6.81. The van der Waals surface area contributed by atoms with E-state index in [9.17, 15) is 4.79 Å². The summed E-state index contributed by atoms with van der Waals surface area (Å²) in [5, 5.41) is 6.62. The average Bonchev–Trinajstić information content (AvgIpc) is 3.04. The first kappa shape index (κ1) is 20.5. The molecular weight excluding hydrogens is 443 g/mol. The van der Waals surface area contributed by atoms with Crippen molar-refractivity contribution >= 4 is 69.5 Å². The summed E-state index contributed by atoms with van der Waals surface area (Å²) in [7, 11) is 0. The Morgan fingerprint density at radius 1 is 1.15 bits per heavy atom. The lowest BCUT2D eigenvalue weighted by Gasteiger charge is -2.06. The standard InChI is InChI=1S/C19H15Cl3N2OS2/c1-11-2-5-14(7-16(11)21)23-18(25)8-15-10-27-19(24-15)26-9-12-3-4-13(20)6-17(12)22/h2-7,10H,8-9H2,1H3,(H,23,25). The molecule has 27 heavy (non-hydrogen) atoms. The number of halogens is 3. The van der Waals surface area contributed by atoms with Gasteiger partial charge in [-0.3, -0.25) is 4.79 Å². The number of hydrogen-bond donors (Lipinski definition) is 1. The summed E-state index contributed by atoms with van der Waals surface area (Å²) in [6.07, 6.45) is 0.213. The highest BCUT2D eigenvalue weighted by Crippen LogP contribution is 2.30. The Morgan fingerprint density at radius 2 is 1.96 bits per heavy atom. The predicted molar refractivity (Wildman–Crippen MR) is 117 cm³/mol. The number of rotatable bonds is 6. The van der Waals surface area contributed by atoms with E-state index in [-0.39, 0.29) is 12.3 Å². The topological polar surface area (TPSA) is 42.0 Å². The van der Waals surface area contributed by atoms with Crippen LogP contribution in [0, 0.1) is 6.92 Å². The number of hydrogen-bond acceptors (Lipinski definition) is 4. The van der Waals surface area contributed by atoms with Gasteiger partial charge in [0.25, 0.3) is 0 Å². The van der Waals surface area contributed by atoms with Gasteiger partial charge in [0.2, 0.25) is 5.91 Å². The van der Waals surface area contributed by atoms with Crippen LogP contribution in [0.2, 0.25) is 15.1 Å². The monoisotopic (exact) mass is 456 g/mol. The Bertz CT molecular complexity index is 975. The lowest BCUT2D eigenvalue weighted by Crippen LogP contribution is -2.14. The number of amides is 1. The number of benzene rings is 2. The van der Waals surface area contributed by atoms with Gasteiger partial charge in [-0.15, -0.1) is 11.3 Å². The molecule has 1 amide bonds. The molecule has 0 fully saturated rings. The fourth-order valence-corrected chi connectivity index (χ4v) is 4.84. The Kier molecular flexibility index (Phi) is 7.06. The van der Waals surface area contributed by atoms with Crippen LogP contribution in [-0.2, 0) is 17.0 Å². The molecule has 1 N–H and O–H groups in total. The van der Waals surface area contributed by atoms with E-state index in [0.717, 1.165) is 21.2 Å². The van der Waals surface area contributed by atoms with Gasteiger partial charge in [0.15, 0.2) is 0 Å². The summed E-state index contributed by atoms with van der Waals surface area (Å²) in [5.41, 5.74) is 3.38. The van der Waals surface area contributed by atoms with E-state index in [1.807, 2.05) is 36.6 Å². The minimum Gasteiger partial charge on any atom is -0.326 e. The number of anilines is 1. The molecule has 8 heteroatoms. The van der Waals surface area contributed by atoms with Crippen LogP contribution in [0.4, 0.5) is 5.69 Å². The molecule has 0 atom stereocenters. The lowest BCUT2D eigenvalue weighted by atomic mass is 10.2. The normalized spacial score (nSPS) is 10.8. The second-order valence-corrected chi connectivity index (χ2v) is 9.15. The van der Waals surface area contributed by atoms with Gasteiger partial charge in [0, 0.05) is 31.9 Å². The van der Waals surface area contributed by atoms with Crippen molar-refractivity contribution in [2.45, 2.75) is 23.4 Å². The molecule has 1 aromatic heterocycles. The molecule has 0 aliphatic heterocycles. The first-order valence-electron chi connectivity index (χ1n) is 7.98. The number of nitrogens with one attached hydrogen (secondary N) is 1. The molecule has 0 bridgehead atoms. The summed E-state index contributed by atoms with van der Waals surface area (Å²) in [5.74, 6) is 0.564. The van der Waals surface area contributed by atoms with Crippen LogP contribution in [0.1, 0.15) is 16.8 Å². The molecule has 0 spiro atoms. The molecule has 0 aliphatic carbocycles. The smallest absolute Gasteiger partial charge is 0.230 e. The molecule has 0 radical (unpaired) electrons. The number of aromatic nitrogens is 1. The Hall–Kier alpha value is -1.24. The summed E-state index contributed by atoms with van der Waals surface area (Å²) < 4.78 is 0.891. The average molecular weight is 458 g/mol. The van der Waals surface area contributed by atoms with Gasteiger partial charge in [0.1, 0.15) is 4.34 Å². The quantitative estimate of drug-likeness (QED) is 0.410. The fraction of sp³-hybridized carbons (Fsp3) is 0.158. The van der Waals surface area contributed by atoms with Gasteiger partial charge in [0.05, 0.1) is 12.1 Å². The summed E-state index contributed by atoms with van der Waals surface area (Å²) in [6, 6.07) is 10.9. The van der Waals surface area contributed by atoms with Gasteiger partial charge in [-0.25, -0.2) is 4.98 Å². The van der Waals surface area contributed by atoms with Crippen LogP contribution in [-0.4, -0.2) is 10.9 Å². The first-order valence-corrected chi connectivity index (χ1v) is 11.0. The van der Waals surface area contributed by atoms with Crippen LogP contribution >= 0.6 is 57.9 Å². The zero-order valence-corrected chi connectivity index (χ0v) is 18.2. The van der Waals surface area contributed by atoms with Gasteiger partial charge in [-0.2, -0.15) is 0 Å². The molecule has 3 nitrogen and oxygen atoms in total. The van der Waals surface area contributed by atoms with Crippen LogP contribution in [0.5, 0.6) is 0 Å². The summed E-state index contributed by atoms with van der Waals surface area (Å²) >= 11 is 21.3. The second-order valence-electron chi connectivity index (χ2n) is 5.82. The minimum atomic E-state index is -0.127. The fourth-order valence-electron chi connectivity index (χ4n) is 2.25. The van der Waals surface area contributed by atoms with E-state index in [2.05, 4.69) is 10.3 Å². The van der Waals surface area contributed by atoms with Gasteiger partial charge in [-0.1, -0.05) is 58.7 Å². The van der Waals surface area contributed by atoms with Crippen molar-refractivity contribution in [1.82, 2.24) is 4.98 Å². The van der Waals surface area contributed by atoms with Crippen molar-refractivity contribution in [1.29, 1.82) is 0 Å². The predicted octanol–water partition coefficient (Wildman–Crippen LogP) is 6.89. The molecule has 140 valence electrons. The van der Waals surface area contributed by atoms with Gasteiger partial charge in [-0.05, 0) is 42.3 Å². The Balaban J connectivity index is 1.55. The van der Waals surface area contributed by atoms with Crippen molar-refractivity contribution in [2.75, 3.05) is 5.32 Å². The maximum atomic E-state index is 12.2.